The van der Waals surface area contributed by atoms with Gasteiger partial charge in [-0.15, -0.1) is 0 Å². The van der Waals surface area contributed by atoms with E-state index in [1.807, 2.05) is 0 Å². The maximum atomic E-state index is 10.6. The van der Waals surface area contributed by atoms with Crippen LogP contribution in [0.4, 0.5) is 0 Å². The molecular weight excluding hydrogens is 222 g/mol. The van der Waals surface area contributed by atoms with Crippen LogP contribution in [0.15, 0.2) is 0 Å². The Bertz CT molecular complexity index is 260. The maximum absolute atomic E-state index is 10.6. The summed E-state index contributed by atoms with van der Waals surface area (Å²) in [6.45, 7) is 7.70. The van der Waals surface area contributed by atoms with Crippen molar-refractivity contribution in [1.29, 1.82) is 0 Å². The lowest BCUT2D eigenvalue weighted by molar-refractivity contribution is -0.0263. The topological polar surface area (TPSA) is 32.3 Å². The normalized spacial score (nSPS) is 28.7. The average molecular weight is 253 g/mol. The lowest BCUT2D eigenvalue weighted by Crippen LogP contribution is -2.47. The van der Waals surface area contributed by atoms with Gasteiger partial charge in [0.05, 0.1) is 5.60 Å². The first-order chi connectivity index (χ1) is 8.39. The number of hydrogen-bond donors (Lipinski definition) is 2. The minimum absolute atomic E-state index is 0.434. The summed E-state index contributed by atoms with van der Waals surface area (Å²) in [6.07, 6.45) is 9.80. The molecule has 2 aliphatic carbocycles. The molecule has 2 nitrogen and oxygen atoms in total. The molecule has 0 bridgehead atoms. The van der Waals surface area contributed by atoms with Gasteiger partial charge in [-0.3, -0.25) is 0 Å². The van der Waals surface area contributed by atoms with Gasteiger partial charge in [0, 0.05) is 12.6 Å². The van der Waals surface area contributed by atoms with E-state index < -0.39 is 5.60 Å². The lowest BCUT2D eigenvalue weighted by Gasteiger charge is -2.41. The molecule has 0 aliphatic heterocycles. The summed E-state index contributed by atoms with van der Waals surface area (Å²) in [5.74, 6) is 0.951. The predicted molar refractivity (Wildman–Crippen MR) is 76.6 cm³/mol. The number of hydrogen-bond acceptors (Lipinski definition) is 2. The smallest absolute Gasteiger partial charge is 0.0772 e. The van der Waals surface area contributed by atoms with Crippen LogP contribution in [-0.2, 0) is 0 Å². The number of nitrogens with one attached hydrogen (secondary N) is 1. The minimum Gasteiger partial charge on any atom is -0.389 e. The van der Waals surface area contributed by atoms with Gasteiger partial charge in [-0.1, -0.05) is 33.1 Å². The molecule has 1 unspecified atom stereocenters. The fourth-order valence-corrected chi connectivity index (χ4v) is 3.24. The fourth-order valence-electron chi connectivity index (χ4n) is 3.24. The summed E-state index contributed by atoms with van der Waals surface area (Å²) in [5, 5.41) is 14.2. The molecule has 0 aromatic carbocycles. The van der Waals surface area contributed by atoms with Crippen molar-refractivity contribution in [2.45, 2.75) is 83.8 Å². The van der Waals surface area contributed by atoms with E-state index in [-0.39, 0.29) is 0 Å². The molecule has 18 heavy (non-hydrogen) atoms. The van der Waals surface area contributed by atoms with Crippen LogP contribution >= 0.6 is 0 Å². The largest absolute Gasteiger partial charge is 0.389 e. The molecule has 2 aliphatic rings. The van der Waals surface area contributed by atoms with Crippen LogP contribution in [0.2, 0.25) is 0 Å². The zero-order valence-electron chi connectivity index (χ0n) is 12.5. The van der Waals surface area contributed by atoms with E-state index >= 15 is 0 Å². The third-order valence-corrected chi connectivity index (χ3v) is 5.23. The van der Waals surface area contributed by atoms with Gasteiger partial charge >= 0.3 is 0 Å². The van der Waals surface area contributed by atoms with Gasteiger partial charge < -0.3 is 10.4 Å². The van der Waals surface area contributed by atoms with Crippen molar-refractivity contribution < 1.29 is 5.11 Å². The molecule has 1 atom stereocenters. The molecule has 0 aromatic heterocycles. The van der Waals surface area contributed by atoms with Crippen LogP contribution in [0.3, 0.4) is 0 Å². The Morgan fingerprint density at radius 1 is 1.17 bits per heavy atom. The Balaban J connectivity index is 1.68. The Hall–Kier alpha value is -0.0800. The number of aliphatic hydroxyl groups is 1. The van der Waals surface area contributed by atoms with Crippen LogP contribution in [0, 0.1) is 11.3 Å². The lowest BCUT2D eigenvalue weighted by atomic mass is 9.71. The Labute approximate surface area is 113 Å². The molecule has 2 saturated carbocycles. The van der Waals surface area contributed by atoms with Crippen LogP contribution in [0.1, 0.15) is 72.1 Å². The van der Waals surface area contributed by atoms with Crippen molar-refractivity contribution in [2.24, 2.45) is 11.3 Å². The summed E-state index contributed by atoms with van der Waals surface area (Å²) < 4.78 is 0. The van der Waals surface area contributed by atoms with Gasteiger partial charge in [0.15, 0.2) is 0 Å². The summed E-state index contributed by atoms with van der Waals surface area (Å²) in [7, 11) is 0. The highest BCUT2D eigenvalue weighted by Gasteiger charge is 2.36. The van der Waals surface area contributed by atoms with E-state index in [0.29, 0.717) is 11.5 Å². The SMILES string of the molecule is CC(CC1CCC1)NCC1(O)CCC(C)(C)CC1. The van der Waals surface area contributed by atoms with E-state index in [1.165, 1.54) is 25.7 Å². The highest BCUT2D eigenvalue weighted by atomic mass is 16.3. The van der Waals surface area contributed by atoms with E-state index in [1.54, 1.807) is 0 Å². The van der Waals surface area contributed by atoms with Crippen molar-refractivity contribution in [3.8, 4) is 0 Å². The summed E-state index contributed by atoms with van der Waals surface area (Å²) in [4.78, 5) is 0. The van der Waals surface area contributed by atoms with Crippen LogP contribution in [-0.4, -0.2) is 23.3 Å². The van der Waals surface area contributed by atoms with E-state index in [0.717, 1.165) is 38.1 Å². The first kappa shape index (κ1) is 14.3. The molecule has 106 valence electrons. The van der Waals surface area contributed by atoms with Crippen LogP contribution in [0.5, 0.6) is 0 Å². The number of rotatable bonds is 5. The van der Waals surface area contributed by atoms with Gasteiger partial charge in [0.2, 0.25) is 0 Å². The van der Waals surface area contributed by atoms with Crippen molar-refractivity contribution in [2.75, 3.05) is 6.54 Å². The van der Waals surface area contributed by atoms with E-state index in [4.69, 9.17) is 0 Å². The van der Waals surface area contributed by atoms with Crippen LogP contribution < -0.4 is 5.32 Å². The first-order valence-electron chi connectivity index (χ1n) is 7.84. The van der Waals surface area contributed by atoms with Crippen molar-refractivity contribution in [3.63, 3.8) is 0 Å². The average Bonchev–Trinajstić information content (AvgIpc) is 2.26. The molecule has 0 spiro atoms. The zero-order valence-corrected chi connectivity index (χ0v) is 12.5. The fraction of sp³-hybridized carbons (Fsp3) is 1.00. The van der Waals surface area contributed by atoms with Crippen molar-refractivity contribution in [1.82, 2.24) is 5.32 Å². The van der Waals surface area contributed by atoms with Gasteiger partial charge in [0.1, 0.15) is 0 Å². The molecule has 2 heteroatoms. The zero-order chi connectivity index (χ0) is 13.2. The molecule has 0 heterocycles. The highest BCUT2D eigenvalue weighted by Crippen LogP contribution is 2.40. The third kappa shape index (κ3) is 3.96. The molecule has 0 radical (unpaired) electrons. The Morgan fingerprint density at radius 3 is 2.28 bits per heavy atom. The Kier molecular flexibility index (Phi) is 4.38. The third-order valence-electron chi connectivity index (χ3n) is 5.23. The highest BCUT2D eigenvalue weighted by molar-refractivity contribution is 4.91. The second kappa shape index (κ2) is 5.50. The second-order valence-corrected chi connectivity index (χ2v) is 7.70. The monoisotopic (exact) mass is 253 g/mol. The van der Waals surface area contributed by atoms with E-state index in [2.05, 4.69) is 26.1 Å². The second-order valence-electron chi connectivity index (χ2n) is 7.70. The molecule has 2 rings (SSSR count). The van der Waals surface area contributed by atoms with Crippen LogP contribution in [0.25, 0.3) is 0 Å². The molecule has 0 aromatic rings. The molecule has 0 amide bonds. The van der Waals surface area contributed by atoms with Gasteiger partial charge in [-0.05, 0) is 50.4 Å². The molecule has 2 fully saturated rings. The first-order valence-corrected chi connectivity index (χ1v) is 7.84. The summed E-state index contributed by atoms with van der Waals surface area (Å²) in [5.41, 5.74) is -0.00678. The summed E-state index contributed by atoms with van der Waals surface area (Å²) in [6, 6.07) is 0.564. The Morgan fingerprint density at radius 2 is 1.78 bits per heavy atom. The van der Waals surface area contributed by atoms with E-state index in [9.17, 15) is 5.11 Å². The summed E-state index contributed by atoms with van der Waals surface area (Å²) >= 11 is 0. The standard InChI is InChI=1S/C16H31NO/c1-13(11-14-5-4-6-14)17-12-16(18)9-7-15(2,3)8-10-16/h13-14,17-18H,4-12H2,1-3H3. The quantitative estimate of drug-likeness (QED) is 0.786. The molecular formula is C16H31NO. The minimum atomic E-state index is -0.441. The van der Waals surface area contributed by atoms with Crippen molar-refractivity contribution in [3.05, 3.63) is 0 Å². The van der Waals surface area contributed by atoms with Gasteiger partial charge in [0.25, 0.3) is 0 Å². The van der Waals surface area contributed by atoms with Crippen molar-refractivity contribution >= 4 is 0 Å². The maximum Gasteiger partial charge on any atom is 0.0772 e. The van der Waals surface area contributed by atoms with Gasteiger partial charge in [-0.2, -0.15) is 0 Å². The predicted octanol–water partition coefficient (Wildman–Crippen LogP) is 3.49. The molecule has 0 saturated heterocycles. The van der Waals surface area contributed by atoms with Gasteiger partial charge in [-0.25, -0.2) is 0 Å². The molecule has 2 N–H and O–H groups in total.